The van der Waals surface area contributed by atoms with Gasteiger partial charge >= 0.3 is 0 Å². The summed E-state index contributed by atoms with van der Waals surface area (Å²) in [5.41, 5.74) is 0. The number of carbonyl (C=O) groups excluding carboxylic acids is 2. The van der Waals surface area contributed by atoms with Crippen LogP contribution in [0.3, 0.4) is 0 Å². The summed E-state index contributed by atoms with van der Waals surface area (Å²) in [7, 11) is 0. The Morgan fingerprint density at radius 3 is 2.95 bits per heavy atom. The molecule has 104 valence electrons. The summed E-state index contributed by atoms with van der Waals surface area (Å²) in [5.74, 6) is -0.119. The summed E-state index contributed by atoms with van der Waals surface area (Å²) in [5, 5.41) is 8.58. The van der Waals surface area contributed by atoms with E-state index in [9.17, 15) is 9.59 Å². The second kappa shape index (κ2) is 6.16. The molecule has 0 radical (unpaired) electrons. The molecule has 5 nitrogen and oxygen atoms in total. The Bertz CT molecular complexity index is 462. The van der Waals surface area contributed by atoms with Gasteiger partial charge in [0, 0.05) is 28.8 Å². The first-order valence-corrected chi connectivity index (χ1v) is 7.22. The molecular formula is C13H19N3O2S. The Labute approximate surface area is 116 Å². The van der Waals surface area contributed by atoms with Gasteiger partial charge < -0.3 is 10.6 Å². The smallest absolute Gasteiger partial charge is 0.239 e. The number of rotatable bonds is 4. The second-order valence-electron chi connectivity index (χ2n) is 4.86. The summed E-state index contributed by atoms with van der Waals surface area (Å²) >= 11 is 1.76. The molecule has 2 unspecified atom stereocenters. The van der Waals surface area contributed by atoms with Crippen molar-refractivity contribution >= 4 is 23.2 Å². The average Bonchev–Trinajstić information content (AvgIpc) is 2.75. The number of hydrogen-bond donors (Lipinski definition) is 3. The Kier molecular flexibility index (Phi) is 4.55. The van der Waals surface area contributed by atoms with Crippen molar-refractivity contribution in [2.24, 2.45) is 0 Å². The molecule has 6 heteroatoms. The van der Waals surface area contributed by atoms with Gasteiger partial charge in [-0.2, -0.15) is 0 Å². The zero-order chi connectivity index (χ0) is 13.8. The SMILES string of the molecule is Cc1ccc(CC(C)NC(=O)C2CNC(=O)CN2)s1. The summed E-state index contributed by atoms with van der Waals surface area (Å²) in [6, 6.07) is 3.95. The van der Waals surface area contributed by atoms with E-state index in [4.69, 9.17) is 0 Å². The maximum absolute atomic E-state index is 12.0. The minimum absolute atomic E-state index is 0.0548. The van der Waals surface area contributed by atoms with Crippen LogP contribution in [0.1, 0.15) is 16.7 Å². The highest BCUT2D eigenvalue weighted by Gasteiger charge is 2.24. The predicted octanol–water partition coefficient (Wildman–Crippen LogP) is 0.192. The van der Waals surface area contributed by atoms with Gasteiger partial charge in [-0.05, 0) is 26.0 Å². The van der Waals surface area contributed by atoms with Crippen molar-refractivity contribution in [3.8, 4) is 0 Å². The third kappa shape index (κ3) is 4.04. The molecule has 0 saturated carbocycles. The van der Waals surface area contributed by atoms with Crippen LogP contribution in [0.15, 0.2) is 12.1 Å². The topological polar surface area (TPSA) is 70.2 Å². The highest BCUT2D eigenvalue weighted by molar-refractivity contribution is 7.11. The van der Waals surface area contributed by atoms with E-state index < -0.39 is 0 Å². The normalized spacial score (nSPS) is 20.7. The zero-order valence-corrected chi connectivity index (χ0v) is 12.0. The molecule has 1 aliphatic rings. The summed E-state index contributed by atoms with van der Waals surface area (Å²) in [4.78, 5) is 25.5. The van der Waals surface area contributed by atoms with Crippen molar-refractivity contribution in [1.29, 1.82) is 0 Å². The molecule has 1 aromatic rings. The number of amides is 2. The molecule has 1 aromatic heterocycles. The Morgan fingerprint density at radius 1 is 1.58 bits per heavy atom. The van der Waals surface area contributed by atoms with Crippen molar-refractivity contribution in [3.63, 3.8) is 0 Å². The van der Waals surface area contributed by atoms with Crippen LogP contribution in [0.5, 0.6) is 0 Å². The number of aryl methyl sites for hydroxylation is 1. The first kappa shape index (κ1) is 14.0. The minimum Gasteiger partial charge on any atom is -0.353 e. The lowest BCUT2D eigenvalue weighted by molar-refractivity contribution is -0.126. The lowest BCUT2D eigenvalue weighted by Crippen LogP contribution is -2.59. The fourth-order valence-corrected chi connectivity index (χ4v) is 3.06. The fraction of sp³-hybridized carbons (Fsp3) is 0.538. The zero-order valence-electron chi connectivity index (χ0n) is 11.2. The predicted molar refractivity (Wildman–Crippen MR) is 75.2 cm³/mol. The van der Waals surface area contributed by atoms with E-state index in [1.54, 1.807) is 11.3 Å². The fourth-order valence-electron chi connectivity index (χ4n) is 2.04. The van der Waals surface area contributed by atoms with E-state index in [0.29, 0.717) is 6.54 Å². The Hall–Kier alpha value is -1.40. The van der Waals surface area contributed by atoms with Crippen LogP contribution in [0.4, 0.5) is 0 Å². The number of nitrogens with one attached hydrogen (secondary N) is 3. The quantitative estimate of drug-likeness (QED) is 0.738. The monoisotopic (exact) mass is 281 g/mol. The molecule has 0 bridgehead atoms. The lowest BCUT2D eigenvalue weighted by Gasteiger charge is -2.24. The highest BCUT2D eigenvalue weighted by atomic mass is 32.1. The van der Waals surface area contributed by atoms with E-state index in [1.165, 1.54) is 9.75 Å². The summed E-state index contributed by atoms with van der Waals surface area (Å²) < 4.78 is 0. The molecule has 2 heterocycles. The van der Waals surface area contributed by atoms with Crippen molar-refractivity contribution in [3.05, 3.63) is 21.9 Å². The van der Waals surface area contributed by atoms with Crippen LogP contribution in [0.2, 0.25) is 0 Å². The van der Waals surface area contributed by atoms with Crippen LogP contribution in [-0.2, 0) is 16.0 Å². The van der Waals surface area contributed by atoms with Crippen LogP contribution in [-0.4, -0.2) is 37.0 Å². The van der Waals surface area contributed by atoms with Gasteiger partial charge in [0.15, 0.2) is 0 Å². The third-order valence-corrected chi connectivity index (χ3v) is 4.04. The van der Waals surface area contributed by atoms with Crippen LogP contribution in [0, 0.1) is 6.92 Å². The standard InChI is InChI=1S/C13H19N3O2S/c1-8(5-10-4-3-9(2)19-10)16-13(18)11-6-15-12(17)7-14-11/h3-4,8,11,14H,5-7H2,1-2H3,(H,15,17)(H,16,18). The molecule has 0 aromatic carbocycles. The van der Waals surface area contributed by atoms with Gasteiger partial charge in [0.1, 0.15) is 6.04 Å². The number of thiophene rings is 1. The van der Waals surface area contributed by atoms with E-state index in [-0.39, 0.29) is 30.4 Å². The van der Waals surface area contributed by atoms with Gasteiger partial charge in [-0.1, -0.05) is 0 Å². The molecule has 2 atom stereocenters. The van der Waals surface area contributed by atoms with Gasteiger partial charge in [0.25, 0.3) is 0 Å². The van der Waals surface area contributed by atoms with Gasteiger partial charge in [-0.3, -0.25) is 14.9 Å². The largest absolute Gasteiger partial charge is 0.353 e. The molecule has 2 rings (SSSR count). The number of piperazine rings is 1. The van der Waals surface area contributed by atoms with Crippen molar-refractivity contribution in [2.75, 3.05) is 13.1 Å². The van der Waals surface area contributed by atoms with E-state index in [2.05, 4.69) is 35.0 Å². The molecular weight excluding hydrogens is 262 g/mol. The van der Waals surface area contributed by atoms with Gasteiger partial charge in [-0.25, -0.2) is 0 Å². The average molecular weight is 281 g/mol. The van der Waals surface area contributed by atoms with Crippen LogP contribution in [0.25, 0.3) is 0 Å². The first-order valence-electron chi connectivity index (χ1n) is 6.40. The molecule has 1 aliphatic heterocycles. The van der Waals surface area contributed by atoms with Gasteiger partial charge in [-0.15, -0.1) is 11.3 Å². The Balaban J connectivity index is 1.80. The van der Waals surface area contributed by atoms with Crippen molar-refractivity contribution in [1.82, 2.24) is 16.0 Å². The molecule has 19 heavy (non-hydrogen) atoms. The number of hydrogen-bond acceptors (Lipinski definition) is 4. The Morgan fingerprint density at radius 2 is 2.37 bits per heavy atom. The third-order valence-electron chi connectivity index (χ3n) is 3.02. The first-order chi connectivity index (χ1) is 9.04. The molecule has 2 amide bonds. The summed E-state index contributed by atoms with van der Waals surface area (Å²) in [6.45, 7) is 4.63. The van der Waals surface area contributed by atoms with Gasteiger partial charge in [0.05, 0.1) is 6.54 Å². The lowest BCUT2D eigenvalue weighted by atomic mass is 10.1. The highest BCUT2D eigenvalue weighted by Crippen LogP contribution is 2.16. The van der Waals surface area contributed by atoms with Crippen LogP contribution < -0.4 is 16.0 Å². The van der Waals surface area contributed by atoms with Gasteiger partial charge in [0.2, 0.25) is 11.8 Å². The molecule has 0 spiro atoms. The van der Waals surface area contributed by atoms with E-state index in [0.717, 1.165) is 6.42 Å². The van der Waals surface area contributed by atoms with Crippen molar-refractivity contribution < 1.29 is 9.59 Å². The van der Waals surface area contributed by atoms with Crippen LogP contribution >= 0.6 is 11.3 Å². The molecule has 3 N–H and O–H groups in total. The minimum atomic E-state index is -0.328. The second-order valence-corrected chi connectivity index (χ2v) is 6.24. The van der Waals surface area contributed by atoms with E-state index in [1.807, 2.05) is 6.92 Å². The molecule has 0 aliphatic carbocycles. The molecule has 1 saturated heterocycles. The van der Waals surface area contributed by atoms with E-state index >= 15 is 0 Å². The maximum atomic E-state index is 12.0. The summed E-state index contributed by atoms with van der Waals surface area (Å²) in [6.07, 6.45) is 0.837. The van der Waals surface area contributed by atoms with Crippen molar-refractivity contribution in [2.45, 2.75) is 32.4 Å². The molecule has 1 fully saturated rings. The number of carbonyl (C=O) groups is 2. The maximum Gasteiger partial charge on any atom is 0.239 e.